The van der Waals surface area contributed by atoms with E-state index < -0.39 is 11.4 Å². The second kappa shape index (κ2) is 9.68. The summed E-state index contributed by atoms with van der Waals surface area (Å²) in [5.74, 6) is 0.345. The van der Waals surface area contributed by atoms with Crippen LogP contribution in [0.5, 0.6) is 5.75 Å². The lowest BCUT2D eigenvalue weighted by atomic mass is 9.81. The maximum Gasteiger partial charge on any atom is 0.291 e. The zero-order valence-corrected chi connectivity index (χ0v) is 19.2. The number of anilines is 1. The first kappa shape index (κ1) is 22.9. The first-order valence-corrected chi connectivity index (χ1v) is 11.0. The van der Waals surface area contributed by atoms with Crippen molar-refractivity contribution in [1.29, 1.82) is 0 Å². The van der Waals surface area contributed by atoms with E-state index in [-0.39, 0.29) is 16.7 Å². The van der Waals surface area contributed by atoms with Crippen LogP contribution >= 0.6 is 11.6 Å². The van der Waals surface area contributed by atoms with E-state index in [4.69, 9.17) is 25.5 Å². The van der Waals surface area contributed by atoms with E-state index in [9.17, 15) is 9.59 Å². The molecule has 1 aliphatic heterocycles. The lowest BCUT2D eigenvalue weighted by Gasteiger charge is -2.45. The van der Waals surface area contributed by atoms with Crippen molar-refractivity contribution in [3.05, 3.63) is 82.8 Å². The molecule has 1 aliphatic rings. The van der Waals surface area contributed by atoms with Crippen molar-refractivity contribution in [1.82, 2.24) is 4.90 Å². The van der Waals surface area contributed by atoms with Gasteiger partial charge in [-0.2, -0.15) is 0 Å². The summed E-state index contributed by atoms with van der Waals surface area (Å²) in [5.41, 5.74) is 1.34. The SMILES string of the molecule is COc1ccc(C2(N(C)C(=O)c3ccc(NC(=O)c4ccco4)c(Cl)c3)CCOCC2)cc1. The third kappa shape index (κ3) is 4.60. The number of nitrogens with zero attached hydrogens (tertiary/aromatic N) is 1. The number of rotatable bonds is 6. The van der Waals surface area contributed by atoms with Crippen molar-refractivity contribution in [2.45, 2.75) is 18.4 Å². The topological polar surface area (TPSA) is 81.0 Å². The molecule has 0 spiro atoms. The Bertz CT molecular complexity index is 1120. The molecule has 7 nitrogen and oxygen atoms in total. The normalized spacial score (nSPS) is 15.0. The standard InChI is InChI=1S/C25H25ClN2O5/c1-28(25(11-14-32-15-12-25)18-6-8-19(31-2)9-7-18)24(30)17-5-10-21(20(26)16-17)27-23(29)22-4-3-13-33-22/h3-10,13,16H,11-12,14-15H2,1-2H3,(H,27,29). The second-order valence-electron chi connectivity index (χ2n) is 7.86. The van der Waals surface area contributed by atoms with Crippen molar-refractivity contribution in [3.8, 4) is 5.75 Å². The summed E-state index contributed by atoms with van der Waals surface area (Å²) in [4.78, 5) is 27.5. The van der Waals surface area contributed by atoms with Crippen LogP contribution in [0.1, 0.15) is 39.3 Å². The molecule has 0 atom stereocenters. The lowest BCUT2D eigenvalue weighted by molar-refractivity contribution is -0.0138. The van der Waals surface area contributed by atoms with Crippen LogP contribution < -0.4 is 10.1 Å². The van der Waals surface area contributed by atoms with E-state index >= 15 is 0 Å². The Kier molecular flexibility index (Phi) is 6.72. The molecule has 0 bridgehead atoms. The summed E-state index contributed by atoms with van der Waals surface area (Å²) in [5, 5.41) is 2.96. The number of furan rings is 1. The highest BCUT2D eigenvalue weighted by molar-refractivity contribution is 6.34. The van der Waals surface area contributed by atoms with E-state index in [1.165, 1.54) is 6.26 Å². The summed E-state index contributed by atoms with van der Waals surface area (Å²) in [7, 11) is 3.43. The molecule has 1 fully saturated rings. The highest BCUT2D eigenvalue weighted by atomic mass is 35.5. The molecule has 2 aromatic carbocycles. The van der Waals surface area contributed by atoms with Crippen LogP contribution in [0.25, 0.3) is 0 Å². The number of hydrogen-bond donors (Lipinski definition) is 1. The fourth-order valence-electron chi connectivity index (χ4n) is 4.16. The summed E-state index contributed by atoms with van der Waals surface area (Å²) in [6, 6.07) is 15.8. The van der Waals surface area contributed by atoms with E-state index in [1.54, 1.807) is 49.4 Å². The van der Waals surface area contributed by atoms with E-state index in [2.05, 4.69) is 5.32 Å². The number of halogens is 1. The van der Waals surface area contributed by atoms with Crippen LogP contribution in [0.3, 0.4) is 0 Å². The fourth-order valence-corrected chi connectivity index (χ4v) is 4.39. The Morgan fingerprint density at radius 2 is 1.82 bits per heavy atom. The third-order valence-electron chi connectivity index (χ3n) is 6.10. The molecule has 33 heavy (non-hydrogen) atoms. The Labute approximate surface area is 197 Å². The molecule has 8 heteroatoms. The number of methoxy groups -OCH3 is 1. The van der Waals surface area contributed by atoms with Gasteiger partial charge in [0.1, 0.15) is 5.75 Å². The number of carbonyl (C=O) groups excluding carboxylic acids is 2. The van der Waals surface area contributed by atoms with Gasteiger partial charge in [0.05, 0.1) is 29.6 Å². The quantitative estimate of drug-likeness (QED) is 0.552. The van der Waals surface area contributed by atoms with Gasteiger partial charge in [0.2, 0.25) is 0 Å². The number of benzene rings is 2. The van der Waals surface area contributed by atoms with Gasteiger partial charge in [-0.1, -0.05) is 23.7 Å². The van der Waals surface area contributed by atoms with Gasteiger partial charge in [-0.05, 0) is 60.9 Å². The van der Waals surface area contributed by atoms with Gasteiger partial charge in [-0.15, -0.1) is 0 Å². The Morgan fingerprint density at radius 3 is 2.42 bits per heavy atom. The summed E-state index contributed by atoms with van der Waals surface area (Å²) in [6.45, 7) is 1.12. The molecule has 2 amide bonds. The van der Waals surface area contributed by atoms with Crippen LogP contribution in [0.4, 0.5) is 5.69 Å². The van der Waals surface area contributed by atoms with Crippen LogP contribution in [-0.2, 0) is 10.3 Å². The zero-order valence-electron chi connectivity index (χ0n) is 18.5. The van der Waals surface area contributed by atoms with Gasteiger partial charge in [-0.25, -0.2) is 0 Å². The van der Waals surface area contributed by atoms with E-state index in [0.29, 0.717) is 37.3 Å². The van der Waals surface area contributed by atoms with Gasteiger partial charge in [0.25, 0.3) is 11.8 Å². The Balaban J connectivity index is 1.58. The molecule has 0 aliphatic carbocycles. The second-order valence-corrected chi connectivity index (χ2v) is 8.27. The molecule has 0 unspecified atom stereocenters. The minimum Gasteiger partial charge on any atom is -0.497 e. The molecule has 4 rings (SSSR count). The lowest BCUT2D eigenvalue weighted by Crippen LogP contribution is -2.50. The summed E-state index contributed by atoms with van der Waals surface area (Å²) < 4.78 is 16.0. The van der Waals surface area contributed by atoms with Gasteiger partial charge in [-0.3, -0.25) is 9.59 Å². The fraction of sp³-hybridized carbons (Fsp3) is 0.280. The van der Waals surface area contributed by atoms with Crippen LogP contribution in [0, 0.1) is 0 Å². The maximum atomic E-state index is 13.5. The van der Waals surface area contributed by atoms with Crippen LogP contribution in [0.2, 0.25) is 5.02 Å². The molecule has 2 heterocycles. The average Bonchev–Trinajstić information content (AvgIpc) is 3.40. The highest BCUT2D eigenvalue weighted by Crippen LogP contribution is 2.39. The number of carbonyl (C=O) groups is 2. The first-order chi connectivity index (χ1) is 15.9. The van der Waals surface area contributed by atoms with Crippen LogP contribution in [0.15, 0.2) is 65.3 Å². The molecule has 172 valence electrons. The Morgan fingerprint density at radius 1 is 1.09 bits per heavy atom. The predicted octanol–water partition coefficient (Wildman–Crippen LogP) is 4.97. The van der Waals surface area contributed by atoms with Gasteiger partial charge < -0.3 is 24.1 Å². The van der Waals surface area contributed by atoms with Crippen molar-refractivity contribution in [2.75, 3.05) is 32.7 Å². The molecular formula is C25H25ClN2O5. The molecule has 3 aromatic rings. The minimum atomic E-state index is -0.514. The highest BCUT2D eigenvalue weighted by Gasteiger charge is 2.41. The van der Waals surface area contributed by atoms with Crippen molar-refractivity contribution >= 4 is 29.1 Å². The molecule has 1 saturated heterocycles. The third-order valence-corrected chi connectivity index (χ3v) is 6.42. The number of amides is 2. The smallest absolute Gasteiger partial charge is 0.291 e. The maximum absolute atomic E-state index is 13.5. The minimum absolute atomic E-state index is 0.168. The zero-order chi connectivity index (χ0) is 23.4. The summed E-state index contributed by atoms with van der Waals surface area (Å²) >= 11 is 6.40. The molecule has 0 radical (unpaired) electrons. The van der Waals surface area contributed by atoms with Gasteiger partial charge >= 0.3 is 0 Å². The molecule has 0 saturated carbocycles. The van der Waals surface area contributed by atoms with E-state index in [1.807, 2.05) is 24.3 Å². The van der Waals surface area contributed by atoms with Crippen molar-refractivity contribution < 1.29 is 23.5 Å². The average molecular weight is 469 g/mol. The largest absolute Gasteiger partial charge is 0.497 e. The summed E-state index contributed by atoms with van der Waals surface area (Å²) in [6.07, 6.45) is 2.77. The van der Waals surface area contributed by atoms with E-state index in [0.717, 1.165) is 11.3 Å². The molecule has 1 aromatic heterocycles. The molecular weight excluding hydrogens is 444 g/mol. The van der Waals surface area contributed by atoms with Gasteiger partial charge in [0.15, 0.2) is 5.76 Å². The van der Waals surface area contributed by atoms with Crippen molar-refractivity contribution in [2.24, 2.45) is 0 Å². The molecule has 1 N–H and O–H groups in total. The number of nitrogens with one attached hydrogen (secondary N) is 1. The monoisotopic (exact) mass is 468 g/mol. The van der Waals surface area contributed by atoms with Crippen LogP contribution in [-0.4, -0.2) is 44.1 Å². The van der Waals surface area contributed by atoms with Gasteiger partial charge in [0, 0.05) is 25.8 Å². The Hall–Kier alpha value is -3.29. The number of ether oxygens (including phenoxy) is 2. The van der Waals surface area contributed by atoms with Crippen molar-refractivity contribution in [3.63, 3.8) is 0 Å². The number of hydrogen-bond acceptors (Lipinski definition) is 5. The first-order valence-electron chi connectivity index (χ1n) is 10.6. The predicted molar refractivity (Wildman–Crippen MR) is 125 cm³/mol.